The zero-order valence-corrected chi connectivity index (χ0v) is 17.4. The predicted octanol–water partition coefficient (Wildman–Crippen LogP) is 2.23. The number of para-hydroxylation sites is 1. The van der Waals surface area contributed by atoms with E-state index in [1.54, 1.807) is 23.2 Å². The van der Waals surface area contributed by atoms with E-state index in [1.165, 1.54) is 0 Å². The molecule has 2 amide bonds. The summed E-state index contributed by atoms with van der Waals surface area (Å²) in [6, 6.07) is 14.6. The van der Waals surface area contributed by atoms with Gasteiger partial charge in [-0.2, -0.15) is 0 Å². The molecular formula is C23H26N4O4. The van der Waals surface area contributed by atoms with Gasteiger partial charge in [-0.3, -0.25) is 9.59 Å². The number of hydrazine groups is 1. The average molecular weight is 422 g/mol. The molecule has 2 saturated heterocycles. The molecule has 8 heteroatoms. The van der Waals surface area contributed by atoms with Gasteiger partial charge in [-0.15, -0.1) is 0 Å². The summed E-state index contributed by atoms with van der Waals surface area (Å²) in [5.74, 6) is 0.562. The maximum absolute atomic E-state index is 13.3. The molecule has 0 spiro atoms. The lowest BCUT2D eigenvalue weighted by atomic mass is 9.84. The lowest BCUT2D eigenvalue weighted by molar-refractivity contribution is -0.126. The third-order valence-corrected chi connectivity index (χ3v) is 6.12. The highest BCUT2D eigenvalue weighted by Gasteiger charge is 2.50. The van der Waals surface area contributed by atoms with E-state index in [4.69, 9.17) is 9.47 Å². The second kappa shape index (κ2) is 8.20. The Bertz CT molecular complexity index is 983. The molecule has 3 atom stereocenters. The van der Waals surface area contributed by atoms with Crippen molar-refractivity contribution >= 4 is 23.2 Å². The molecule has 31 heavy (non-hydrogen) atoms. The summed E-state index contributed by atoms with van der Waals surface area (Å²) in [7, 11) is 0. The van der Waals surface area contributed by atoms with Crippen molar-refractivity contribution in [2.24, 2.45) is 11.8 Å². The number of hydrogen-bond acceptors (Lipinski definition) is 6. The van der Waals surface area contributed by atoms with E-state index in [0.29, 0.717) is 30.3 Å². The summed E-state index contributed by atoms with van der Waals surface area (Å²) >= 11 is 0. The standard InChI is InChI=1S/C23H26N4O4/c1-2-10-26-12-17(22(28)24-15-8-9-19-20(11-15)31-14-30-19)21-18(13-26)23(29)27(25-21)16-6-4-3-5-7-16/h3-9,11,17-18,21,25H,2,10,12-14H2,1H3,(H,24,28). The summed E-state index contributed by atoms with van der Waals surface area (Å²) in [5.41, 5.74) is 4.78. The average Bonchev–Trinajstić information content (AvgIpc) is 3.38. The van der Waals surface area contributed by atoms with Crippen LogP contribution in [-0.4, -0.2) is 49.2 Å². The Balaban J connectivity index is 1.38. The predicted molar refractivity (Wildman–Crippen MR) is 116 cm³/mol. The van der Waals surface area contributed by atoms with Crippen LogP contribution in [0.4, 0.5) is 11.4 Å². The van der Waals surface area contributed by atoms with Crippen molar-refractivity contribution in [1.82, 2.24) is 10.3 Å². The molecule has 0 aliphatic carbocycles. The molecule has 0 saturated carbocycles. The van der Waals surface area contributed by atoms with Gasteiger partial charge in [-0.25, -0.2) is 10.4 Å². The molecule has 8 nitrogen and oxygen atoms in total. The number of nitrogens with one attached hydrogen (secondary N) is 2. The minimum absolute atomic E-state index is 0.0119. The van der Waals surface area contributed by atoms with E-state index in [2.05, 4.69) is 22.6 Å². The molecule has 2 N–H and O–H groups in total. The van der Waals surface area contributed by atoms with Crippen LogP contribution in [0.5, 0.6) is 11.5 Å². The summed E-state index contributed by atoms with van der Waals surface area (Å²) in [6.45, 7) is 4.41. The second-order valence-electron chi connectivity index (χ2n) is 8.19. The van der Waals surface area contributed by atoms with Gasteiger partial charge in [-0.1, -0.05) is 25.1 Å². The monoisotopic (exact) mass is 422 g/mol. The summed E-state index contributed by atoms with van der Waals surface area (Å²) in [6.07, 6.45) is 0.970. The van der Waals surface area contributed by atoms with E-state index in [0.717, 1.165) is 18.7 Å². The summed E-state index contributed by atoms with van der Waals surface area (Å²) < 4.78 is 10.8. The van der Waals surface area contributed by atoms with Crippen LogP contribution in [-0.2, 0) is 9.59 Å². The lowest BCUT2D eigenvalue weighted by Crippen LogP contribution is -2.56. The van der Waals surface area contributed by atoms with Gasteiger partial charge in [0.05, 0.1) is 23.6 Å². The van der Waals surface area contributed by atoms with Crippen molar-refractivity contribution in [1.29, 1.82) is 0 Å². The first kappa shape index (κ1) is 19.8. The summed E-state index contributed by atoms with van der Waals surface area (Å²) in [4.78, 5) is 28.8. The molecule has 3 unspecified atom stereocenters. The number of amides is 2. The highest BCUT2D eigenvalue weighted by molar-refractivity contribution is 6.00. The Morgan fingerprint density at radius 1 is 1.13 bits per heavy atom. The number of nitrogens with zero attached hydrogens (tertiary/aromatic N) is 2. The Kier molecular flexibility index (Phi) is 5.25. The van der Waals surface area contributed by atoms with Gasteiger partial charge in [0.2, 0.25) is 18.6 Å². The van der Waals surface area contributed by atoms with Crippen LogP contribution in [0.3, 0.4) is 0 Å². The maximum Gasteiger partial charge on any atom is 0.247 e. The zero-order chi connectivity index (χ0) is 21.4. The Hall–Kier alpha value is -3.10. The highest BCUT2D eigenvalue weighted by atomic mass is 16.7. The van der Waals surface area contributed by atoms with E-state index < -0.39 is 0 Å². The number of benzene rings is 2. The maximum atomic E-state index is 13.3. The van der Waals surface area contributed by atoms with Gasteiger partial charge < -0.3 is 19.7 Å². The van der Waals surface area contributed by atoms with Crippen molar-refractivity contribution in [3.05, 3.63) is 48.5 Å². The number of fused-ring (bicyclic) bond motifs is 2. The Morgan fingerprint density at radius 2 is 1.94 bits per heavy atom. The quantitative estimate of drug-likeness (QED) is 0.769. The van der Waals surface area contributed by atoms with E-state index in [-0.39, 0.29) is 36.5 Å². The van der Waals surface area contributed by atoms with E-state index in [9.17, 15) is 9.59 Å². The molecule has 5 rings (SSSR count). The van der Waals surface area contributed by atoms with Crippen LogP contribution in [0.25, 0.3) is 0 Å². The minimum atomic E-state index is -0.367. The number of carbonyl (C=O) groups is 2. The molecule has 0 aromatic heterocycles. The number of likely N-dealkylation sites (tertiary alicyclic amines) is 1. The number of anilines is 2. The molecular weight excluding hydrogens is 396 g/mol. The fraction of sp³-hybridized carbons (Fsp3) is 0.391. The third kappa shape index (κ3) is 3.73. The Morgan fingerprint density at radius 3 is 2.74 bits per heavy atom. The molecule has 162 valence electrons. The van der Waals surface area contributed by atoms with Crippen molar-refractivity contribution in [2.75, 3.05) is 36.8 Å². The molecule has 2 aromatic carbocycles. The van der Waals surface area contributed by atoms with Crippen molar-refractivity contribution in [3.63, 3.8) is 0 Å². The first-order valence-electron chi connectivity index (χ1n) is 10.7. The Labute approximate surface area is 181 Å². The van der Waals surface area contributed by atoms with Crippen molar-refractivity contribution < 1.29 is 19.1 Å². The molecule has 2 aromatic rings. The van der Waals surface area contributed by atoms with Gasteiger partial charge in [-0.05, 0) is 37.2 Å². The van der Waals surface area contributed by atoms with Crippen LogP contribution in [0.1, 0.15) is 13.3 Å². The van der Waals surface area contributed by atoms with Gasteiger partial charge in [0.15, 0.2) is 11.5 Å². The number of rotatable bonds is 5. The largest absolute Gasteiger partial charge is 0.454 e. The smallest absolute Gasteiger partial charge is 0.247 e. The zero-order valence-electron chi connectivity index (χ0n) is 17.4. The fourth-order valence-electron chi connectivity index (χ4n) is 4.66. The van der Waals surface area contributed by atoms with Gasteiger partial charge in [0.1, 0.15) is 0 Å². The molecule has 3 aliphatic heterocycles. The van der Waals surface area contributed by atoms with Crippen LogP contribution < -0.4 is 25.2 Å². The fourth-order valence-corrected chi connectivity index (χ4v) is 4.66. The van der Waals surface area contributed by atoms with E-state index >= 15 is 0 Å². The molecule has 3 aliphatic rings. The van der Waals surface area contributed by atoms with Gasteiger partial charge >= 0.3 is 0 Å². The van der Waals surface area contributed by atoms with Crippen LogP contribution >= 0.6 is 0 Å². The highest BCUT2D eigenvalue weighted by Crippen LogP contribution is 2.36. The number of hydrogen-bond donors (Lipinski definition) is 2. The van der Waals surface area contributed by atoms with Crippen LogP contribution in [0, 0.1) is 11.8 Å². The van der Waals surface area contributed by atoms with Gasteiger partial charge in [0.25, 0.3) is 0 Å². The lowest BCUT2D eigenvalue weighted by Gasteiger charge is -2.38. The number of ether oxygens (including phenoxy) is 2. The first-order valence-corrected chi connectivity index (χ1v) is 10.7. The topological polar surface area (TPSA) is 83.1 Å². The van der Waals surface area contributed by atoms with Crippen molar-refractivity contribution in [2.45, 2.75) is 19.4 Å². The molecule has 0 radical (unpaired) electrons. The van der Waals surface area contributed by atoms with E-state index in [1.807, 2.05) is 30.3 Å². The second-order valence-corrected chi connectivity index (χ2v) is 8.19. The SMILES string of the molecule is CCCN1CC(C(=O)Nc2ccc3c(c2)OCO3)C2NN(c3ccccc3)C(=O)C2C1. The summed E-state index contributed by atoms with van der Waals surface area (Å²) in [5, 5.41) is 4.62. The third-order valence-electron chi connectivity index (χ3n) is 6.12. The van der Waals surface area contributed by atoms with Crippen molar-refractivity contribution in [3.8, 4) is 11.5 Å². The van der Waals surface area contributed by atoms with Crippen LogP contribution in [0.15, 0.2) is 48.5 Å². The first-order chi connectivity index (χ1) is 15.1. The van der Waals surface area contributed by atoms with Crippen LogP contribution in [0.2, 0.25) is 0 Å². The number of piperidine rings is 1. The number of carbonyl (C=O) groups excluding carboxylic acids is 2. The van der Waals surface area contributed by atoms with Gasteiger partial charge in [0, 0.05) is 24.8 Å². The molecule has 2 fully saturated rings. The normalized spacial score (nSPS) is 24.9. The molecule has 3 heterocycles. The minimum Gasteiger partial charge on any atom is -0.454 e. The molecule has 0 bridgehead atoms.